The summed E-state index contributed by atoms with van der Waals surface area (Å²) >= 11 is 4.88. The molecule has 0 aliphatic carbocycles. The van der Waals surface area contributed by atoms with Crippen molar-refractivity contribution in [1.29, 1.82) is 0 Å². The van der Waals surface area contributed by atoms with Gasteiger partial charge in [-0.15, -0.1) is 0 Å². The van der Waals surface area contributed by atoms with Gasteiger partial charge in [0, 0.05) is 15.8 Å². The predicted octanol–water partition coefficient (Wildman–Crippen LogP) is 2.94. The van der Waals surface area contributed by atoms with Crippen LogP contribution in [0.5, 0.6) is 0 Å². The first-order valence-corrected chi connectivity index (χ1v) is 7.97. The molecule has 1 heterocycles. The first-order chi connectivity index (χ1) is 7.07. The van der Waals surface area contributed by atoms with Crippen LogP contribution in [0.15, 0.2) is 32.5 Å². The number of halogens is 1. The quantitative estimate of drug-likeness (QED) is 0.842. The number of benzene rings is 1. The lowest BCUT2D eigenvalue weighted by molar-refractivity contribution is 0.603. The highest BCUT2D eigenvalue weighted by molar-refractivity contribution is 9.10. The van der Waals surface area contributed by atoms with Gasteiger partial charge in [-0.2, -0.15) is 11.8 Å². The van der Waals surface area contributed by atoms with Crippen LogP contribution in [-0.2, 0) is 9.84 Å². The Labute approximate surface area is 102 Å². The van der Waals surface area contributed by atoms with Crippen molar-refractivity contribution in [2.75, 3.05) is 12.0 Å². The fraction of sp³-hybridized carbons (Fsp3) is 0.200. The first kappa shape index (κ1) is 11.2. The van der Waals surface area contributed by atoms with E-state index in [1.807, 2.05) is 12.3 Å². The van der Waals surface area contributed by atoms with E-state index in [9.17, 15) is 8.42 Å². The Hall–Kier alpha value is -0.260. The summed E-state index contributed by atoms with van der Waals surface area (Å²) in [5.74, 6) is 0.531. The molecule has 1 aliphatic heterocycles. The Morgan fingerprint density at radius 2 is 2.13 bits per heavy atom. The van der Waals surface area contributed by atoms with E-state index in [-0.39, 0.29) is 0 Å². The summed E-state index contributed by atoms with van der Waals surface area (Å²) in [6, 6.07) is 5.25. The molecule has 5 heteroatoms. The molecule has 0 amide bonds. The van der Waals surface area contributed by atoms with Gasteiger partial charge in [0.15, 0.2) is 0 Å². The van der Waals surface area contributed by atoms with Gasteiger partial charge in [-0.1, -0.05) is 22.0 Å². The number of rotatable bonds is 2. The summed E-state index contributed by atoms with van der Waals surface area (Å²) in [6.07, 6.45) is 3.65. The molecule has 0 saturated carbocycles. The third-order valence-corrected chi connectivity index (χ3v) is 5.60. The molecule has 0 fully saturated rings. The Morgan fingerprint density at radius 1 is 1.40 bits per heavy atom. The van der Waals surface area contributed by atoms with Crippen LogP contribution in [0, 0.1) is 0 Å². The molecular weight excluding hydrogens is 296 g/mol. The fourth-order valence-corrected chi connectivity index (χ4v) is 4.76. The Bertz CT molecular complexity index is 532. The minimum absolute atomic E-state index is 0.418. The summed E-state index contributed by atoms with van der Waals surface area (Å²) in [4.78, 5) is 0.915. The molecule has 0 atom stereocenters. The van der Waals surface area contributed by atoms with E-state index in [0.717, 1.165) is 10.0 Å². The van der Waals surface area contributed by atoms with Crippen LogP contribution in [0.4, 0.5) is 0 Å². The Balaban J connectivity index is 2.64. The van der Waals surface area contributed by atoms with E-state index in [2.05, 4.69) is 15.9 Å². The van der Waals surface area contributed by atoms with Crippen molar-refractivity contribution in [2.24, 2.45) is 0 Å². The largest absolute Gasteiger partial charge is 0.219 e. The summed E-state index contributed by atoms with van der Waals surface area (Å²) < 4.78 is 24.9. The van der Waals surface area contributed by atoms with Gasteiger partial charge in [-0.25, -0.2) is 8.42 Å². The molecule has 1 aromatic rings. The average molecular weight is 305 g/mol. The third-order valence-electron chi connectivity index (χ3n) is 2.24. The van der Waals surface area contributed by atoms with E-state index in [0.29, 0.717) is 15.6 Å². The molecule has 0 unspecified atom stereocenters. The molecule has 0 aromatic heterocycles. The maximum atomic E-state index is 12.0. The maximum Gasteiger partial charge on any atom is 0.204 e. The molecule has 2 nitrogen and oxygen atoms in total. The van der Waals surface area contributed by atoms with Crippen molar-refractivity contribution in [2.45, 2.75) is 4.90 Å². The highest BCUT2D eigenvalue weighted by atomic mass is 79.9. The maximum absolute atomic E-state index is 12.0. The van der Waals surface area contributed by atoms with Crippen molar-refractivity contribution in [1.82, 2.24) is 0 Å². The fourth-order valence-electron chi connectivity index (χ4n) is 1.53. The molecule has 0 radical (unpaired) electrons. The summed E-state index contributed by atoms with van der Waals surface area (Å²) in [7, 11) is -3.22. The molecule has 0 N–H and O–H groups in total. The van der Waals surface area contributed by atoms with Crippen molar-refractivity contribution in [3.05, 3.63) is 33.1 Å². The number of hydrogen-bond donors (Lipinski definition) is 0. The van der Waals surface area contributed by atoms with Crippen LogP contribution in [0.1, 0.15) is 5.56 Å². The minimum Gasteiger partial charge on any atom is -0.219 e. The second-order valence-electron chi connectivity index (χ2n) is 3.20. The van der Waals surface area contributed by atoms with Gasteiger partial charge in [0.25, 0.3) is 0 Å². The molecular formula is C10H9BrO2S2. The van der Waals surface area contributed by atoms with E-state index in [4.69, 9.17) is 0 Å². The van der Waals surface area contributed by atoms with Gasteiger partial charge in [-0.05, 0) is 24.5 Å². The van der Waals surface area contributed by atoms with Crippen LogP contribution in [0.25, 0.3) is 6.08 Å². The second kappa shape index (κ2) is 3.96. The lowest BCUT2D eigenvalue weighted by atomic mass is 10.2. The average Bonchev–Trinajstić information content (AvgIpc) is 2.43. The number of sulfone groups is 1. The monoisotopic (exact) mass is 304 g/mol. The van der Waals surface area contributed by atoms with Gasteiger partial charge < -0.3 is 0 Å². The molecule has 0 bridgehead atoms. The lowest BCUT2D eigenvalue weighted by Gasteiger charge is -2.01. The van der Waals surface area contributed by atoms with Gasteiger partial charge in [0.1, 0.15) is 0 Å². The zero-order valence-electron chi connectivity index (χ0n) is 8.03. The normalized spacial score (nSPS) is 17.3. The van der Waals surface area contributed by atoms with Crippen LogP contribution in [-0.4, -0.2) is 20.4 Å². The van der Waals surface area contributed by atoms with Crippen LogP contribution in [0.2, 0.25) is 0 Å². The highest BCUT2D eigenvalue weighted by Crippen LogP contribution is 2.37. The minimum atomic E-state index is -3.22. The molecule has 15 heavy (non-hydrogen) atoms. The highest BCUT2D eigenvalue weighted by Gasteiger charge is 2.29. The van der Waals surface area contributed by atoms with Crippen LogP contribution < -0.4 is 0 Å². The molecule has 0 spiro atoms. The van der Waals surface area contributed by atoms with Crippen molar-refractivity contribution in [3.63, 3.8) is 0 Å². The van der Waals surface area contributed by atoms with E-state index in [1.165, 1.54) is 11.8 Å². The number of fused-ring (bicyclic) bond motifs is 1. The summed E-state index contributed by atoms with van der Waals surface area (Å²) in [5.41, 5.74) is 0.779. The lowest BCUT2D eigenvalue weighted by Crippen LogP contribution is -2.02. The summed E-state index contributed by atoms with van der Waals surface area (Å²) in [6.45, 7) is 0. The first-order valence-electron chi connectivity index (χ1n) is 4.30. The smallest absolute Gasteiger partial charge is 0.204 e. The van der Waals surface area contributed by atoms with Crippen molar-refractivity contribution < 1.29 is 8.42 Å². The molecule has 1 aromatic carbocycles. The molecule has 1 aliphatic rings. The second-order valence-corrected chi connectivity index (χ2v) is 6.89. The topological polar surface area (TPSA) is 34.1 Å². The number of thioether (sulfide) groups is 1. The summed E-state index contributed by atoms with van der Waals surface area (Å²) in [5, 5.41) is 0. The van der Waals surface area contributed by atoms with Gasteiger partial charge in [0.05, 0.1) is 9.80 Å². The predicted molar refractivity (Wildman–Crippen MR) is 67.7 cm³/mol. The SMILES string of the molecule is CSCC1=Cc2c(Br)cccc2S1(=O)=O. The zero-order chi connectivity index (χ0) is 11.1. The van der Waals surface area contributed by atoms with E-state index >= 15 is 0 Å². The standard InChI is InChI=1S/C10H9BrO2S2/c1-14-6-7-5-8-9(11)3-2-4-10(8)15(7,12)13/h2-5H,6H2,1H3. The molecule has 0 saturated heterocycles. The number of hydrogen-bond acceptors (Lipinski definition) is 3. The van der Waals surface area contributed by atoms with Gasteiger partial charge in [-0.3, -0.25) is 0 Å². The Morgan fingerprint density at radius 3 is 2.73 bits per heavy atom. The third kappa shape index (κ3) is 1.77. The van der Waals surface area contributed by atoms with Crippen LogP contribution >= 0.6 is 27.7 Å². The van der Waals surface area contributed by atoms with Crippen LogP contribution in [0.3, 0.4) is 0 Å². The van der Waals surface area contributed by atoms with Crippen molar-refractivity contribution >= 4 is 43.6 Å². The van der Waals surface area contributed by atoms with E-state index in [1.54, 1.807) is 18.2 Å². The van der Waals surface area contributed by atoms with Crippen molar-refractivity contribution in [3.8, 4) is 0 Å². The molecule has 2 rings (SSSR count). The van der Waals surface area contributed by atoms with E-state index < -0.39 is 9.84 Å². The zero-order valence-corrected chi connectivity index (χ0v) is 11.2. The van der Waals surface area contributed by atoms with Gasteiger partial charge in [0.2, 0.25) is 9.84 Å². The molecule has 80 valence electrons. The van der Waals surface area contributed by atoms with Gasteiger partial charge >= 0.3 is 0 Å². The Kier molecular flexibility index (Phi) is 2.96.